The molecule has 0 saturated heterocycles. The fourth-order valence-corrected chi connectivity index (χ4v) is 5.93. The topological polar surface area (TPSA) is 68.5 Å². The Kier molecular flexibility index (Phi) is 6.24. The third kappa shape index (κ3) is 4.14. The van der Waals surface area contributed by atoms with Crippen molar-refractivity contribution < 1.29 is 9.53 Å². The van der Waals surface area contributed by atoms with E-state index in [0.29, 0.717) is 10.6 Å². The number of nitrogens with two attached hydrogens (primary N) is 1. The van der Waals surface area contributed by atoms with Crippen molar-refractivity contribution in [1.82, 2.24) is 9.88 Å². The first-order valence-corrected chi connectivity index (χ1v) is 12.6. The van der Waals surface area contributed by atoms with Crippen molar-refractivity contribution in [2.45, 2.75) is 38.1 Å². The van der Waals surface area contributed by atoms with Crippen LogP contribution in [0.1, 0.15) is 41.8 Å². The van der Waals surface area contributed by atoms with Gasteiger partial charge >= 0.3 is 0 Å². The minimum absolute atomic E-state index is 0.00524. The lowest BCUT2D eigenvalue weighted by Gasteiger charge is -2.31. The maximum absolute atomic E-state index is 13.5. The van der Waals surface area contributed by atoms with E-state index >= 15 is 0 Å². The summed E-state index contributed by atoms with van der Waals surface area (Å²) in [4.78, 5) is 21.7. The van der Waals surface area contributed by atoms with Gasteiger partial charge < -0.3 is 15.4 Å². The largest absolute Gasteiger partial charge is 0.497 e. The number of hydrogen-bond donors (Lipinski definition) is 1. The van der Waals surface area contributed by atoms with Crippen molar-refractivity contribution in [3.8, 4) is 28.1 Å². The summed E-state index contributed by atoms with van der Waals surface area (Å²) in [5.74, 6) is 0.787. The van der Waals surface area contributed by atoms with Crippen LogP contribution in [0.5, 0.6) is 5.75 Å². The Bertz CT molecular complexity index is 1310. The molecule has 34 heavy (non-hydrogen) atoms. The molecule has 1 amide bonds. The highest BCUT2D eigenvalue weighted by Gasteiger charge is 2.28. The highest BCUT2D eigenvalue weighted by molar-refractivity contribution is 7.21. The first-order valence-electron chi connectivity index (χ1n) is 11.8. The lowest BCUT2D eigenvalue weighted by molar-refractivity contribution is 0.0702. The average Bonchev–Trinajstić information content (AvgIpc) is 3.24. The quantitative estimate of drug-likeness (QED) is 0.355. The maximum atomic E-state index is 13.5. The van der Waals surface area contributed by atoms with Gasteiger partial charge in [0.25, 0.3) is 5.91 Å². The van der Waals surface area contributed by atoms with E-state index in [2.05, 4.69) is 6.07 Å². The molecule has 2 heterocycles. The van der Waals surface area contributed by atoms with E-state index < -0.39 is 0 Å². The van der Waals surface area contributed by atoms with Crippen LogP contribution in [-0.4, -0.2) is 36.0 Å². The summed E-state index contributed by atoms with van der Waals surface area (Å²) in [5, 5.41) is 0.843. The molecule has 1 aliphatic rings. The number of rotatable bonds is 5. The summed E-state index contributed by atoms with van der Waals surface area (Å²) in [6, 6.07) is 20.4. The zero-order valence-electron chi connectivity index (χ0n) is 19.6. The molecule has 0 radical (unpaired) electrons. The minimum atomic E-state index is -0.00524. The van der Waals surface area contributed by atoms with Gasteiger partial charge in [-0.05, 0) is 42.2 Å². The second-order valence-electron chi connectivity index (χ2n) is 8.88. The van der Waals surface area contributed by atoms with Gasteiger partial charge in [0.15, 0.2) is 0 Å². The number of aromatic nitrogens is 1. The summed E-state index contributed by atoms with van der Waals surface area (Å²) in [6.07, 6.45) is 5.71. The predicted octanol–water partition coefficient (Wildman–Crippen LogP) is 6.63. The fraction of sp³-hybridized carbons (Fsp3) is 0.286. The van der Waals surface area contributed by atoms with Crippen LogP contribution in [0.2, 0.25) is 0 Å². The number of pyridine rings is 1. The molecule has 174 valence electrons. The van der Waals surface area contributed by atoms with E-state index in [9.17, 15) is 4.79 Å². The van der Waals surface area contributed by atoms with Gasteiger partial charge in [0, 0.05) is 24.0 Å². The molecule has 0 bridgehead atoms. The van der Waals surface area contributed by atoms with Gasteiger partial charge in [-0.25, -0.2) is 4.98 Å². The summed E-state index contributed by atoms with van der Waals surface area (Å²) in [5.41, 5.74) is 11.1. The van der Waals surface area contributed by atoms with Crippen LogP contribution in [0.3, 0.4) is 0 Å². The number of carbonyl (C=O) groups is 1. The third-order valence-electron chi connectivity index (χ3n) is 6.81. The number of carbonyl (C=O) groups excluding carboxylic acids is 1. The average molecular weight is 472 g/mol. The SMILES string of the molecule is COc1ccc(-c2cc(-c3ccccc3)nc3sc(C(=O)N(C)C4CCCCC4)c(N)c23)cc1. The molecule has 5 nitrogen and oxygen atoms in total. The Morgan fingerprint density at radius 3 is 2.41 bits per heavy atom. The second kappa shape index (κ2) is 9.47. The first kappa shape index (κ1) is 22.4. The molecule has 4 aromatic rings. The minimum Gasteiger partial charge on any atom is -0.497 e. The summed E-state index contributed by atoms with van der Waals surface area (Å²) in [6.45, 7) is 0. The monoisotopic (exact) mass is 471 g/mol. The van der Waals surface area contributed by atoms with Crippen LogP contribution < -0.4 is 10.5 Å². The van der Waals surface area contributed by atoms with Crippen LogP contribution in [0.4, 0.5) is 5.69 Å². The maximum Gasteiger partial charge on any atom is 0.266 e. The number of benzene rings is 2. The van der Waals surface area contributed by atoms with Crippen molar-refractivity contribution >= 4 is 33.1 Å². The molecule has 0 spiro atoms. The molecule has 0 aliphatic heterocycles. The number of fused-ring (bicyclic) bond motifs is 1. The van der Waals surface area contributed by atoms with E-state index in [4.69, 9.17) is 15.5 Å². The summed E-state index contributed by atoms with van der Waals surface area (Å²) in [7, 11) is 3.57. The van der Waals surface area contributed by atoms with Gasteiger partial charge in [-0.2, -0.15) is 0 Å². The number of nitrogen functional groups attached to an aromatic ring is 1. The Labute approximate surface area is 204 Å². The highest BCUT2D eigenvalue weighted by atomic mass is 32.1. The highest BCUT2D eigenvalue weighted by Crippen LogP contribution is 2.42. The predicted molar refractivity (Wildman–Crippen MR) is 140 cm³/mol. The number of nitrogens with zero attached hydrogens (tertiary/aromatic N) is 2. The number of ether oxygens (including phenoxy) is 1. The molecule has 6 heteroatoms. The lowest BCUT2D eigenvalue weighted by Crippen LogP contribution is -2.38. The second-order valence-corrected chi connectivity index (χ2v) is 9.88. The Hall–Kier alpha value is -3.38. The molecule has 5 rings (SSSR count). The molecule has 0 unspecified atom stereocenters. The van der Waals surface area contributed by atoms with Crippen molar-refractivity contribution in [1.29, 1.82) is 0 Å². The van der Waals surface area contributed by atoms with Gasteiger partial charge in [0.2, 0.25) is 0 Å². The van der Waals surface area contributed by atoms with Gasteiger partial charge in [-0.1, -0.05) is 61.7 Å². The van der Waals surface area contributed by atoms with E-state index in [1.165, 1.54) is 30.6 Å². The number of amides is 1. The lowest BCUT2D eigenvalue weighted by atomic mass is 9.94. The van der Waals surface area contributed by atoms with E-state index in [1.54, 1.807) is 7.11 Å². The van der Waals surface area contributed by atoms with E-state index in [0.717, 1.165) is 51.2 Å². The molecule has 0 atom stereocenters. The number of hydrogen-bond acceptors (Lipinski definition) is 5. The number of anilines is 1. The fourth-order valence-electron chi connectivity index (χ4n) is 4.83. The van der Waals surface area contributed by atoms with Crippen LogP contribution in [0.25, 0.3) is 32.6 Å². The van der Waals surface area contributed by atoms with Crippen molar-refractivity contribution in [3.63, 3.8) is 0 Å². The van der Waals surface area contributed by atoms with Crippen molar-refractivity contribution in [2.24, 2.45) is 0 Å². The number of methoxy groups -OCH3 is 1. The summed E-state index contributed by atoms with van der Waals surface area (Å²) < 4.78 is 5.34. The summed E-state index contributed by atoms with van der Waals surface area (Å²) >= 11 is 1.40. The Balaban J connectivity index is 1.65. The van der Waals surface area contributed by atoms with Crippen LogP contribution in [0.15, 0.2) is 60.7 Å². The molecule has 2 aromatic carbocycles. The van der Waals surface area contributed by atoms with Gasteiger partial charge in [-0.15, -0.1) is 11.3 Å². The Morgan fingerprint density at radius 1 is 1.03 bits per heavy atom. The van der Waals surface area contributed by atoms with Crippen LogP contribution in [0, 0.1) is 0 Å². The van der Waals surface area contributed by atoms with E-state index in [-0.39, 0.29) is 11.9 Å². The normalized spacial score (nSPS) is 14.3. The van der Waals surface area contributed by atoms with Crippen LogP contribution in [-0.2, 0) is 0 Å². The zero-order valence-corrected chi connectivity index (χ0v) is 20.4. The molecule has 2 aromatic heterocycles. The molecule has 2 N–H and O–H groups in total. The van der Waals surface area contributed by atoms with Crippen LogP contribution >= 0.6 is 11.3 Å². The van der Waals surface area contributed by atoms with Gasteiger partial charge in [-0.3, -0.25) is 4.79 Å². The zero-order chi connectivity index (χ0) is 23.7. The smallest absolute Gasteiger partial charge is 0.266 e. The standard InChI is InChI=1S/C28H29N3O2S/c1-31(20-11-7-4-8-12-20)28(32)26-25(29)24-22(18-13-15-21(33-2)16-14-18)17-23(30-27(24)34-26)19-9-5-3-6-10-19/h3,5-6,9-10,13-17,20H,4,7-8,11-12,29H2,1-2H3. The molecule has 1 saturated carbocycles. The van der Waals surface area contributed by atoms with Gasteiger partial charge in [0.05, 0.1) is 18.5 Å². The number of thiophene rings is 1. The third-order valence-corrected chi connectivity index (χ3v) is 7.89. The van der Waals surface area contributed by atoms with Crippen molar-refractivity contribution in [3.05, 3.63) is 65.5 Å². The van der Waals surface area contributed by atoms with Gasteiger partial charge in [0.1, 0.15) is 15.5 Å². The molecular formula is C28H29N3O2S. The Morgan fingerprint density at radius 2 is 1.74 bits per heavy atom. The first-order chi connectivity index (χ1) is 16.6. The van der Waals surface area contributed by atoms with Crippen molar-refractivity contribution in [2.75, 3.05) is 19.9 Å². The van der Waals surface area contributed by atoms with E-state index in [1.807, 2.05) is 66.5 Å². The molecule has 1 aliphatic carbocycles. The molecular weight excluding hydrogens is 442 g/mol. The molecule has 1 fully saturated rings.